The summed E-state index contributed by atoms with van der Waals surface area (Å²) in [6.07, 6.45) is 9.94. The number of hydrogen-bond acceptors (Lipinski definition) is 7. The van der Waals surface area contributed by atoms with Gasteiger partial charge in [-0.15, -0.1) is 0 Å². The SMILES string of the molecule is CCOC(=O)CC1CC=C(c2cn(-c3cc(C)cc([C@]4(OC)CCOC4)n3)c3cc(NC(C)=O)ncc23)CC1. The highest BCUT2D eigenvalue weighted by Gasteiger charge is 2.38. The number of methoxy groups -OCH3 is 1. The Morgan fingerprint density at radius 2 is 2.13 bits per heavy atom. The molecule has 1 amide bonds. The number of hydrogen-bond donors (Lipinski definition) is 1. The van der Waals surface area contributed by atoms with Crippen LogP contribution in [0, 0.1) is 12.8 Å². The molecule has 1 aliphatic carbocycles. The van der Waals surface area contributed by atoms with Gasteiger partial charge in [0.25, 0.3) is 0 Å². The van der Waals surface area contributed by atoms with E-state index in [0.717, 1.165) is 59.2 Å². The van der Waals surface area contributed by atoms with Crippen LogP contribution < -0.4 is 5.32 Å². The fourth-order valence-corrected chi connectivity index (χ4v) is 5.61. The first-order valence-electron chi connectivity index (χ1n) is 13.6. The fraction of sp³-hybridized carbons (Fsp3) is 0.467. The first-order chi connectivity index (χ1) is 18.8. The summed E-state index contributed by atoms with van der Waals surface area (Å²) in [6, 6.07) is 6.00. The van der Waals surface area contributed by atoms with Crippen LogP contribution in [0.15, 0.2) is 36.7 Å². The molecule has 1 aliphatic heterocycles. The first-order valence-corrected chi connectivity index (χ1v) is 13.6. The molecule has 3 aromatic rings. The molecule has 9 nitrogen and oxygen atoms in total. The molecule has 3 aromatic heterocycles. The number of esters is 1. The number of allylic oxidation sites excluding steroid dienone is 2. The predicted molar refractivity (Wildman–Crippen MR) is 149 cm³/mol. The van der Waals surface area contributed by atoms with Gasteiger partial charge in [-0.05, 0) is 62.3 Å². The molecular weight excluding hydrogens is 496 g/mol. The predicted octanol–water partition coefficient (Wildman–Crippen LogP) is 5.09. The minimum absolute atomic E-state index is 0.131. The number of nitrogens with one attached hydrogen (secondary N) is 1. The van der Waals surface area contributed by atoms with E-state index in [-0.39, 0.29) is 17.8 Å². The standard InChI is InChI=1S/C30H36N4O5/c1-5-39-29(36)14-21-6-8-22(9-7-21)24-17-34(25-15-27(32-20(3)35)31-16-23(24)25)28-13-19(2)12-26(33-28)30(37-4)10-11-38-18-30/h8,12-13,15-17,21H,5-7,9-11,14,18H2,1-4H3,(H,31,32,35)/t21?,30-/m0/s1. The van der Waals surface area contributed by atoms with Gasteiger partial charge in [-0.2, -0.15) is 0 Å². The Morgan fingerprint density at radius 1 is 1.28 bits per heavy atom. The minimum Gasteiger partial charge on any atom is -0.466 e. The number of fused-ring (bicyclic) bond motifs is 1. The Bertz CT molecular complexity index is 1420. The van der Waals surface area contributed by atoms with E-state index in [1.165, 1.54) is 12.5 Å². The van der Waals surface area contributed by atoms with Crippen LogP contribution in [0.25, 0.3) is 22.3 Å². The van der Waals surface area contributed by atoms with E-state index in [2.05, 4.69) is 46.2 Å². The Morgan fingerprint density at radius 3 is 2.79 bits per heavy atom. The summed E-state index contributed by atoms with van der Waals surface area (Å²) >= 11 is 0. The summed E-state index contributed by atoms with van der Waals surface area (Å²) in [5.74, 6) is 1.22. The van der Waals surface area contributed by atoms with Crippen LogP contribution in [0.1, 0.15) is 62.8 Å². The van der Waals surface area contributed by atoms with Gasteiger partial charge in [0.2, 0.25) is 5.91 Å². The summed E-state index contributed by atoms with van der Waals surface area (Å²) < 4.78 is 18.8. The molecule has 0 saturated carbocycles. The first kappa shape index (κ1) is 27.0. The number of carbonyl (C=O) groups is 2. The third kappa shape index (κ3) is 5.60. The maximum Gasteiger partial charge on any atom is 0.306 e. The second-order valence-electron chi connectivity index (χ2n) is 10.4. The lowest BCUT2D eigenvalue weighted by Crippen LogP contribution is -2.30. The number of ether oxygens (including phenoxy) is 3. The Labute approximate surface area is 228 Å². The largest absolute Gasteiger partial charge is 0.466 e. The summed E-state index contributed by atoms with van der Waals surface area (Å²) in [4.78, 5) is 33.3. The van der Waals surface area contributed by atoms with Crippen molar-refractivity contribution in [3.05, 3.63) is 53.5 Å². The van der Waals surface area contributed by atoms with Gasteiger partial charge in [-0.25, -0.2) is 9.97 Å². The Hall–Kier alpha value is -3.56. The van der Waals surface area contributed by atoms with Crippen LogP contribution >= 0.6 is 0 Å². The topological polar surface area (TPSA) is 105 Å². The van der Waals surface area contributed by atoms with E-state index in [4.69, 9.17) is 19.2 Å². The number of aromatic nitrogens is 3. The number of pyridine rings is 2. The van der Waals surface area contributed by atoms with Gasteiger partial charge in [0.05, 0.1) is 24.4 Å². The third-order valence-corrected chi connectivity index (χ3v) is 7.67. The van der Waals surface area contributed by atoms with Crippen molar-refractivity contribution in [3.63, 3.8) is 0 Å². The maximum absolute atomic E-state index is 12.0. The van der Waals surface area contributed by atoms with Crippen molar-refractivity contribution in [3.8, 4) is 5.82 Å². The molecule has 0 aromatic carbocycles. The van der Waals surface area contributed by atoms with Crippen LogP contribution in [-0.2, 0) is 29.4 Å². The van der Waals surface area contributed by atoms with Gasteiger partial charge in [0, 0.05) is 62.9 Å². The van der Waals surface area contributed by atoms with Crippen LogP contribution in [-0.4, -0.2) is 53.3 Å². The lowest BCUT2D eigenvalue weighted by atomic mass is 9.85. The molecule has 9 heteroatoms. The van der Waals surface area contributed by atoms with Crippen molar-refractivity contribution in [2.75, 3.05) is 32.2 Å². The van der Waals surface area contributed by atoms with Crippen molar-refractivity contribution in [2.45, 2.75) is 58.5 Å². The van der Waals surface area contributed by atoms with Gasteiger partial charge in [-0.3, -0.25) is 9.59 Å². The molecule has 2 atom stereocenters. The zero-order chi connectivity index (χ0) is 27.6. The molecule has 1 unspecified atom stereocenters. The second-order valence-corrected chi connectivity index (χ2v) is 10.4. The van der Waals surface area contributed by atoms with Crippen molar-refractivity contribution >= 4 is 34.2 Å². The van der Waals surface area contributed by atoms with E-state index in [9.17, 15) is 9.59 Å². The van der Waals surface area contributed by atoms with Crippen LogP contribution in [0.3, 0.4) is 0 Å². The molecule has 39 heavy (non-hydrogen) atoms. The van der Waals surface area contributed by atoms with Crippen molar-refractivity contribution in [2.24, 2.45) is 5.92 Å². The highest BCUT2D eigenvalue weighted by Crippen LogP contribution is 2.38. The van der Waals surface area contributed by atoms with Crippen molar-refractivity contribution in [1.82, 2.24) is 14.5 Å². The second kappa shape index (κ2) is 11.3. The summed E-state index contributed by atoms with van der Waals surface area (Å²) in [6.45, 7) is 6.86. The number of anilines is 1. The minimum atomic E-state index is -0.574. The average molecular weight is 533 g/mol. The molecule has 0 radical (unpaired) electrons. The van der Waals surface area contributed by atoms with Crippen LogP contribution in [0.2, 0.25) is 0 Å². The molecule has 0 spiro atoms. The summed E-state index contributed by atoms with van der Waals surface area (Å²) in [7, 11) is 1.71. The van der Waals surface area contributed by atoms with Gasteiger partial charge in [-0.1, -0.05) is 6.08 Å². The molecule has 4 heterocycles. The van der Waals surface area contributed by atoms with E-state index in [0.29, 0.717) is 32.1 Å². The van der Waals surface area contributed by atoms with E-state index >= 15 is 0 Å². The summed E-state index contributed by atoms with van der Waals surface area (Å²) in [5, 5.41) is 3.78. The van der Waals surface area contributed by atoms with E-state index < -0.39 is 5.60 Å². The van der Waals surface area contributed by atoms with Crippen LogP contribution in [0.5, 0.6) is 0 Å². The molecule has 206 valence electrons. The third-order valence-electron chi connectivity index (χ3n) is 7.67. The number of rotatable bonds is 8. The molecule has 0 bridgehead atoms. The average Bonchev–Trinajstić information content (AvgIpc) is 3.54. The molecule has 1 saturated heterocycles. The number of aryl methyl sites for hydroxylation is 1. The van der Waals surface area contributed by atoms with Crippen molar-refractivity contribution in [1.29, 1.82) is 0 Å². The normalized spacial score (nSPS) is 21.1. The monoisotopic (exact) mass is 532 g/mol. The lowest BCUT2D eigenvalue weighted by molar-refractivity contribution is -0.144. The van der Waals surface area contributed by atoms with Gasteiger partial charge in [0.1, 0.15) is 17.2 Å². The quantitative estimate of drug-likeness (QED) is 0.403. The smallest absolute Gasteiger partial charge is 0.306 e. The number of carbonyl (C=O) groups excluding carboxylic acids is 2. The maximum atomic E-state index is 12.0. The molecule has 2 aliphatic rings. The van der Waals surface area contributed by atoms with Crippen LogP contribution in [0.4, 0.5) is 5.82 Å². The summed E-state index contributed by atoms with van der Waals surface area (Å²) in [5.41, 5.74) is 4.54. The number of amides is 1. The van der Waals surface area contributed by atoms with Crippen molar-refractivity contribution < 1.29 is 23.8 Å². The number of nitrogens with zero attached hydrogens (tertiary/aromatic N) is 3. The van der Waals surface area contributed by atoms with E-state index in [1.54, 1.807) is 7.11 Å². The highest BCUT2D eigenvalue weighted by atomic mass is 16.5. The Balaban J connectivity index is 1.57. The lowest BCUT2D eigenvalue weighted by Gasteiger charge is -2.26. The molecule has 5 rings (SSSR count). The van der Waals surface area contributed by atoms with Gasteiger partial charge >= 0.3 is 5.97 Å². The highest BCUT2D eigenvalue weighted by molar-refractivity contribution is 5.96. The van der Waals surface area contributed by atoms with Gasteiger partial charge < -0.3 is 24.1 Å². The van der Waals surface area contributed by atoms with Gasteiger partial charge in [0.15, 0.2) is 0 Å². The molecular formula is C30H36N4O5. The van der Waals surface area contributed by atoms with E-state index in [1.807, 2.05) is 19.2 Å². The molecule has 1 fully saturated rings. The zero-order valence-electron chi connectivity index (χ0n) is 23.1. The molecule has 1 N–H and O–H groups in total. The Kier molecular flexibility index (Phi) is 7.81. The fourth-order valence-electron chi connectivity index (χ4n) is 5.61. The zero-order valence-corrected chi connectivity index (χ0v) is 23.1.